The molecule has 1 N–H and O–H groups in total. The lowest BCUT2D eigenvalue weighted by molar-refractivity contribution is 0.202. The van der Waals surface area contributed by atoms with Crippen molar-refractivity contribution in [3.05, 3.63) is 34.9 Å². The van der Waals surface area contributed by atoms with Gasteiger partial charge < -0.3 is 9.05 Å². The SMILES string of the molecule is CCOP(=O)(OCC)C(NC1CCCCC1)c1ccc(Cl)cc1. The molecular weight excluding hydrogens is 333 g/mol. The van der Waals surface area contributed by atoms with Gasteiger partial charge in [0.15, 0.2) is 0 Å². The van der Waals surface area contributed by atoms with Gasteiger partial charge in [-0.3, -0.25) is 9.88 Å². The molecule has 0 saturated heterocycles. The van der Waals surface area contributed by atoms with Gasteiger partial charge in [0.25, 0.3) is 0 Å². The summed E-state index contributed by atoms with van der Waals surface area (Å²) in [5.74, 6) is -0.456. The van der Waals surface area contributed by atoms with Crippen molar-refractivity contribution < 1.29 is 13.6 Å². The van der Waals surface area contributed by atoms with Crippen molar-refractivity contribution in [3.8, 4) is 0 Å². The highest BCUT2D eigenvalue weighted by molar-refractivity contribution is 7.54. The van der Waals surface area contributed by atoms with E-state index in [9.17, 15) is 4.57 Å². The summed E-state index contributed by atoms with van der Waals surface area (Å²) in [6, 6.07) is 7.77. The molecule has 130 valence electrons. The van der Waals surface area contributed by atoms with Crippen LogP contribution in [0.15, 0.2) is 24.3 Å². The summed E-state index contributed by atoms with van der Waals surface area (Å²) in [6.45, 7) is 4.39. The van der Waals surface area contributed by atoms with Gasteiger partial charge in [-0.15, -0.1) is 0 Å². The summed E-state index contributed by atoms with van der Waals surface area (Å²) in [7, 11) is -3.29. The molecule has 1 aromatic rings. The van der Waals surface area contributed by atoms with Crippen LogP contribution in [-0.4, -0.2) is 19.3 Å². The molecule has 1 unspecified atom stereocenters. The second-order valence-corrected chi connectivity index (χ2v) is 8.38. The first-order chi connectivity index (χ1) is 11.1. The molecule has 1 atom stereocenters. The maximum Gasteiger partial charge on any atom is 0.351 e. The second kappa shape index (κ2) is 9.19. The van der Waals surface area contributed by atoms with Gasteiger partial charge >= 0.3 is 7.60 Å². The molecule has 0 aliphatic heterocycles. The van der Waals surface area contributed by atoms with E-state index < -0.39 is 13.4 Å². The largest absolute Gasteiger partial charge is 0.351 e. The van der Waals surface area contributed by atoms with E-state index in [2.05, 4.69) is 5.32 Å². The first-order valence-electron chi connectivity index (χ1n) is 8.49. The highest BCUT2D eigenvalue weighted by atomic mass is 35.5. The zero-order valence-electron chi connectivity index (χ0n) is 14.0. The Morgan fingerprint density at radius 3 is 2.22 bits per heavy atom. The molecule has 0 spiro atoms. The van der Waals surface area contributed by atoms with E-state index in [-0.39, 0.29) is 0 Å². The fourth-order valence-corrected chi connectivity index (χ4v) is 5.20. The van der Waals surface area contributed by atoms with Crippen LogP contribution in [0, 0.1) is 0 Å². The van der Waals surface area contributed by atoms with Gasteiger partial charge in [0.05, 0.1) is 13.2 Å². The minimum Gasteiger partial charge on any atom is -0.308 e. The van der Waals surface area contributed by atoms with Gasteiger partial charge in [0, 0.05) is 11.1 Å². The van der Waals surface area contributed by atoms with Gasteiger partial charge in [-0.1, -0.05) is 43.0 Å². The van der Waals surface area contributed by atoms with E-state index >= 15 is 0 Å². The molecule has 1 saturated carbocycles. The Kier molecular flexibility index (Phi) is 7.58. The predicted molar refractivity (Wildman–Crippen MR) is 95.1 cm³/mol. The fourth-order valence-electron chi connectivity index (χ4n) is 3.05. The molecule has 0 radical (unpaired) electrons. The molecular formula is C17H27ClNO3P. The van der Waals surface area contributed by atoms with Crippen molar-refractivity contribution in [1.29, 1.82) is 0 Å². The number of hydrogen-bond acceptors (Lipinski definition) is 4. The lowest BCUT2D eigenvalue weighted by Crippen LogP contribution is -2.35. The lowest BCUT2D eigenvalue weighted by Gasteiger charge is -2.32. The molecule has 4 nitrogen and oxygen atoms in total. The quantitative estimate of drug-likeness (QED) is 0.620. The topological polar surface area (TPSA) is 47.6 Å². The molecule has 1 aromatic carbocycles. The summed E-state index contributed by atoms with van der Waals surface area (Å²) in [5, 5.41) is 4.21. The number of hydrogen-bond donors (Lipinski definition) is 1. The number of rotatable bonds is 8. The van der Waals surface area contributed by atoms with Crippen molar-refractivity contribution in [2.24, 2.45) is 0 Å². The third kappa shape index (κ3) is 5.30. The Morgan fingerprint density at radius 1 is 1.13 bits per heavy atom. The van der Waals surface area contributed by atoms with Crippen molar-refractivity contribution in [2.45, 2.75) is 57.8 Å². The number of nitrogens with one attached hydrogen (secondary N) is 1. The average molecular weight is 360 g/mol. The van der Waals surface area contributed by atoms with Crippen LogP contribution >= 0.6 is 19.2 Å². The van der Waals surface area contributed by atoms with Gasteiger partial charge in [-0.05, 0) is 44.4 Å². The van der Waals surface area contributed by atoms with Gasteiger partial charge in [0.1, 0.15) is 5.78 Å². The first kappa shape index (κ1) is 19.0. The molecule has 0 aromatic heterocycles. The summed E-state index contributed by atoms with van der Waals surface area (Å²) in [4.78, 5) is 0. The molecule has 6 heteroatoms. The fraction of sp³-hybridized carbons (Fsp3) is 0.647. The van der Waals surface area contributed by atoms with Crippen LogP contribution < -0.4 is 5.32 Å². The van der Waals surface area contributed by atoms with E-state index in [0.29, 0.717) is 24.3 Å². The third-order valence-electron chi connectivity index (χ3n) is 4.12. The van der Waals surface area contributed by atoms with Gasteiger partial charge in [-0.25, -0.2) is 0 Å². The van der Waals surface area contributed by atoms with Gasteiger partial charge in [0.2, 0.25) is 0 Å². The molecule has 1 aliphatic carbocycles. The van der Waals surface area contributed by atoms with Crippen molar-refractivity contribution in [2.75, 3.05) is 13.2 Å². The van der Waals surface area contributed by atoms with E-state index in [0.717, 1.165) is 18.4 Å². The third-order valence-corrected chi connectivity index (χ3v) is 6.69. The highest BCUT2D eigenvalue weighted by Gasteiger charge is 2.38. The average Bonchev–Trinajstić information content (AvgIpc) is 2.55. The maximum absolute atomic E-state index is 13.3. The van der Waals surface area contributed by atoms with Crippen molar-refractivity contribution in [1.82, 2.24) is 5.32 Å². The van der Waals surface area contributed by atoms with E-state index in [1.54, 1.807) is 0 Å². The molecule has 0 bridgehead atoms. The standard InChI is InChI=1S/C17H27ClNO3P/c1-3-21-23(20,22-4-2)17(14-10-12-15(18)13-11-14)19-16-8-6-5-7-9-16/h10-13,16-17,19H,3-9H2,1-2H3. The molecule has 1 aliphatic rings. The van der Waals surface area contributed by atoms with Crippen LogP contribution in [0.2, 0.25) is 5.02 Å². The van der Waals surface area contributed by atoms with Crippen LogP contribution in [0.3, 0.4) is 0 Å². The highest BCUT2D eigenvalue weighted by Crippen LogP contribution is 2.60. The van der Waals surface area contributed by atoms with Crippen molar-refractivity contribution in [3.63, 3.8) is 0 Å². The number of benzene rings is 1. The van der Waals surface area contributed by atoms with Crippen LogP contribution in [0.5, 0.6) is 0 Å². The summed E-state index contributed by atoms with van der Waals surface area (Å²) >= 11 is 5.99. The molecule has 2 rings (SSSR count). The molecule has 23 heavy (non-hydrogen) atoms. The number of halogens is 1. The van der Waals surface area contributed by atoms with E-state index in [1.807, 2.05) is 38.1 Å². The minimum atomic E-state index is -3.29. The summed E-state index contributed by atoms with van der Waals surface area (Å²) in [5.41, 5.74) is 0.894. The van der Waals surface area contributed by atoms with Crippen molar-refractivity contribution >= 4 is 19.2 Å². The minimum absolute atomic E-state index is 0.346. The monoisotopic (exact) mass is 359 g/mol. The predicted octanol–water partition coefficient (Wildman–Crippen LogP) is 5.53. The van der Waals surface area contributed by atoms with E-state index in [1.165, 1.54) is 19.3 Å². The first-order valence-corrected chi connectivity index (χ1v) is 10.5. The Hall–Kier alpha value is -0.380. The molecule has 1 fully saturated rings. The molecule has 0 heterocycles. The van der Waals surface area contributed by atoms with Crippen LogP contribution in [0.25, 0.3) is 0 Å². The maximum atomic E-state index is 13.3. The normalized spacial score (nSPS) is 18.0. The zero-order valence-corrected chi connectivity index (χ0v) is 15.6. The van der Waals surface area contributed by atoms with Crippen LogP contribution in [0.1, 0.15) is 57.3 Å². The molecule has 0 amide bonds. The lowest BCUT2D eigenvalue weighted by atomic mass is 9.95. The zero-order chi connectivity index (χ0) is 16.7. The second-order valence-electron chi connectivity index (χ2n) is 5.83. The van der Waals surface area contributed by atoms with Gasteiger partial charge in [-0.2, -0.15) is 0 Å². The Bertz CT molecular complexity index is 507. The van der Waals surface area contributed by atoms with Crippen LogP contribution in [0.4, 0.5) is 0 Å². The Morgan fingerprint density at radius 2 is 1.70 bits per heavy atom. The smallest absolute Gasteiger partial charge is 0.308 e. The summed E-state index contributed by atoms with van der Waals surface area (Å²) in [6.07, 6.45) is 5.89. The Labute approximate surface area is 144 Å². The summed E-state index contributed by atoms with van der Waals surface area (Å²) < 4.78 is 24.5. The van der Waals surface area contributed by atoms with Crippen LogP contribution in [-0.2, 0) is 13.6 Å². The Balaban J connectivity index is 2.28. The van der Waals surface area contributed by atoms with E-state index in [4.69, 9.17) is 20.6 Å².